The van der Waals surface area contributed by atoms with Gasteiger partial charge in [0, 0.05) is 0 Å². The van der Waals surface area contributed by atoms with Crippen molar-refractivity contribution in [2.75, 3.05) is 13.2 Å². The number of hydrogen-bond donors (Lipinski definition) is 0. The monoisotopic (exact) mass is 749 g/mol. The zero-order chi connectivity index (χ0) is 38.6. The van der Waals surface area contributed by atoms with Gasteiger partial charge in [-0.2, -0.15) is 0 Å². The predicted octanol–water partition coefficient (Wildman–Crippen LogP) is 16.7. The lowest BCUT2D eigenvalue weighted by Crippen LogP contribution is -2.28. The van der Waals surface area contributed by atoms with Gasteiger partial charge in [-0.3, -0.25) is 9.59 Å². The first-order chi connectivity index (χ1) is 26.2. The molecule has 0 unspecified atom stereocenters. The van der Waals surface area contributed by atoms with Gasteiger partial charge >= 0.3 is 11.9 Å². The Morgan fingerprint density at radius 2 is 0.472 bits per heavy atom. The van der Waals surface area contributed by atoms with E-state index in [1.165, 1.54) is 218 Å². The highest BCUT2D eigenvalue weighted by molar-refractivity contribution is 5.94. The molecule has 0 bridgehead atoms. The number of esters is 2. The van der Waals surface area contributed by atoms with Crippen LogP contribution in [0.2, 0.25) is 0 Å². The van der Waals surface area contributed by atoms with Gasteiger partial charge in [-0.15, -0.1) is 0 Å². The number of unbranched alkanes of at least 4 members (excludes halogenated alkanes) is 37. The van der Waals surface area contributed by atoms with Crippen molar-refractivity contribution in [2.45, 2.75) is 284 Å². The Bertz CT molecular complexity index is 681. The van der Waals surface area contributed by atoms with E-state index in [0.717, 1.165) is 38.5 Å². The second kappa shape index (κ2) is 45.3. The van der Waals surface area contributed by atoms with Crippen molar-refractivity contribution >= 4 is 11.9 Å². The molecule has 0 aromatic heterocycles. The van der Waals surface area contributed by atoms with Crippen LogP contribution in [-0.4, -0.2) is 25.2 Å². The van der Waals surface area contributed by atoms with Crippen LogP contribution < -0.4 is 0 Å². The SMILES string of the molecule is CCCCCCCCCCCCCCCCCCCCC(C(=O)OCCCCCCCCCCCCC)C(=O)OCCCCCCCCCCCCC. The average molecular weight is 749 g/mol. The van der Waals surface area contributed by atoms with E-state index in [9.17, 15) is 9.59 Å². The van der Waals surface area contributed by atoms with Crippen LogP contribution in [0.4, 0.5) is 0 Å². The summed E-state index contributed by atoms with van der Waals surface area (Å²) in [5.41, 5.74) is 0. The second-order valence-electron chi connectivity index (χ2n) is 16.8. The molecule has 0 rings (SSSR count). The highest BCUT2D eigenvalue weighted by Crippen LogP contribution is 2.19. The molecule has 0 N–H and O–H groups in total. The maximum atomic E-state index is 13.1. The van der Waals surface area contributed by atoms with Crippen molar-refractivity contribution in [1.82, 2.24) is 0 Å². The van der Waals surface area contributed by atoms with Crippen molar-refractivity contribution in [3.05, 3.63) is 0 Å². The van der Waals surface area contributed by atoms with Crippen LogP contribution in [0.25, 0.3) is 0 Å². The molecule has 0 aliphatic carbocycles. The molecule has 0 fully saturated rings. The van der Waals surface area contributed by atoms with Gasteiger partial charge in [0.1, 0.15) is 0 Å². The molecule has 4 heteroatoms. The Morgan fingerprint density at radius 3 is 0.698 bits per heavy atom. The van der Waals surface area contributed by atoms with Crippen LogP contribution in [0, 0.1) is 5.92 Å². The molecular formula is C49H96O4. The summed E-state index contributed by atoms with van der Waals surface area (Å²) in [6.45, 7) is 7.69. The van der Waals surface area contributed by atoms with Gasteiger partial charge in [0.15, 0.2) is 5.92 Å². The van der Waals surface area contributed by atoms with Crippen LogP contribution in [0.5, 0.6) is 0 Å². The molecule has 316 valence electrons. The molecule has 0 aromatic rings. The zero-order valence-electron chi connectivity index (χ0n) is 36.6. The minimum atomic E-state index is -0.753. The lowest BCUT2D eigenvalue weighted by atomic mass is 9.99. The van der Waals surface area contributed by atoms with Crippen LogP contribution in [0.1, 0.15) is 284 Å². The fraction of sp³-hybridized carbons (Fsp3) is 0.959. The topological polar surface area (TPSA) is 52.6 Å². The largest absolute Gasteiger partial charge is 0.465 e. The van der Waals surface area contributed by atoms with Gasteiger partial charge in [0.05, 0.1) is 13.2 Å². The average Bonchev–Trinajstić information content (AvgIpc) is 3.16. The Labute approximate surface area is 333 Å². The Morgan fingerprint density at radius 1 is 0.283 bits per heavy atom. The molecule has 0 aromatic carbocycles. The number of carbonyl (C=O) groups is 2. The summed E-state index contributed by atoms with van der Waals surface area (Å²) in [6, 6.07) is 0. The molecule has 0 aliphatic heterocycles. The lowest BCUT2D eigenvalue weighted by Gasteiger charge is -2.15. The summed E-state index contributed by atoms with van der Waals surface area (Å²) < 4.78 is 11.3. The number of ether oxygens (including phenoxy) is 2. The van der Waals surface area contributed by atoms with E-state index in [-0.39, 0.29) is 11.9 Å². The smallest absolute Gasteiger partial charge is 0.320 e. The van der Waals surface area contributed by atoms with E-state index in [1.807, 2.05) is 0 Å². The maximum absolute atomic E-state index is 13.1. The first-order valence-corrected chi connectivity index (χ1v) is 24.5. The minimum absolute atomic E-state index is 0.354. The molecule has 0 heterocycles. The number of rotatable bonds is 45. The number of hydrogen-bond acceptors (Lipinski definition) is 4. The van der Waals surface area contributed by atoms with Crippen LogP contribution in [0.3, 0.4) is 0 Å². The molecule has 0 saturated carbocycles. The fourth-order valence-corrected chi connectivity index (χ4v) is 7.66. The van der Waals surface area contributed by atoms with Gasteiger partial charge in [-0.1, -0.05) is 265 Å². The minimum Gasteiger partial charge on any atom is -0.465 e. The highest BCUT2D eigenvalue weighted by Gasteiger charge is 2.29. The molecule has 0 saturated heterocycles. The summed E-state index contributed by atoms with van der Waals surface area (Å²) in [5, 5.41) is 0. The first kappa shape index (κ1) is 51.9. The predicted molar refractivity (Wildman–Crippen MR) is 232 cm³/mol. The molecule has 0 radical (unpaired) electrons. The van der Waals surface area contributed by atoms with Crippen molar-refractivity contribution in [3.63, 3.8) is 0 Å². The zero-order valence-corrected chi connectivity index (χ0v) is 36.6. The van der Waals surface area contributed by atoms with E-state index in [1.54, 1.807) is 0 Å². The van der Waals surface area contributed by atoms with Gasteiger partial charge in [-0.05, 0) is 19.3 Å². The third-order valence-electron chi connectivity index (χ3n) is 11.4. The van der Waals surface area contributed by atoms with E-state index in [4.69, 9.17) is 9.47 Å². The molecular weight excluding hydrogens is 653 g/mol. The van der Waals surface area contributed by atoms with Crippen LogP contribution in [0.15, 0.2) is 0 Å². The van der Waals surface area contributed by atoms with E-state index in [2.05, 4.69) is 20.8 Å². The van der Waals surface area contributed by atoms with Gasteiger partial charge in [0.25, 0.3) is 0 Å². The standard InChI is InChI=1S/C49H96O4/c1-4-7-10-13-16-19-22-23-24-25-26-27-28-29-32-35-38-41-44-47(48(50)52-45-42-39-36-33-30-20-17-14-11-8-5-2)49(51)53-46-43-40-37-34-31-21-18-15-12-9-6-3/h47H,4-46H2,1-3H3. The van der Waals surface area contributed by atoms with Crippen molar-refractivity contribution < 1.29 is 19.1 Å². The maximum Gasteiger partial charge on any atom is 0.320 e. The van der Waals surface area contributed by atoms with Crippen molar-refractivity contribution in [2.24, 2.45) is 5.92 Å². The first-order valence-electron chi connectivity index (χ1n) is 24.5. The summed E-state index contributed by atoms with van der Waals surface area (Å²) in [6.07, 6.45) is 52.5. The van der Waals surface area contributed by atoms with E-state index in [0.29, 0.717) is 19.6 Å². The summed E-state index contributed by atoms with van der Waals surface area (Å²) >= 11 is 0. The Hall–Kier alpha value is -1.06. The molecule has 0 aliphatic rings. The summed E-state index contributed by atoms with van der Waals surface area (Å²) in [5.74, 6) is -1.46. The Balaban J connectivity index is 4.17. The van der Waals surface area contributed by atoms with Gasteiger partial charge < -0.3 is 9.47 Å². The second-order valence-corrected chi connectivity index (χ2v) is 16.8. The van der Waals surface area contributed by atoms with Crippen molar-refractivity contribution in [3.8, 4) is 0 Å². The molecule has 53 heavy (non-hydrogen) atoms. The summed E-state index contributed by atoms with van der Waals surface area (Å²) in [4.78, 5) is 26.2. The quantitative estimate of drug-likeness (QED) is 0.0353. The van der Waals surface area contributed by atoms with Crippen LogP contribution >= 0.6 is 0 Å². The normalized spacial score (nSPS) is 11.5. The highest BCUT2D eigenvalue weighted by atomic mass is 16.6. The Kier molecular flexibility index (Phi) is 44.4. The fourth-order valence-electron chi connectivity index (χ4n) is 7.66. The van der Waals surface area contributed by atoms with E-state index >= 15 is 0 Å². The molecule has 0 amide bonds. The van der Waals surface area contributed by atoms with Gasteiger partial charge in [0.2, 0.25) is 0 Å². The summed E-state index contributed by atoms with van der Waals surface area (Å²) in [7, 11) is 0. The lowest BCUT2D eigenvalue weighted by molar-refractivity contribution is -0.162. The van der Waals surface area contributed by atoms with Gasteiger partial charge in [-0.25, -0.2) is 0 Å². The number of carbonyl (C=O) groups excluding carboxylic acids is 2. The van der Waals surface area contributed by atoms with E-state index < -0.39 is 5.92 Å². The molecule has 0 atom stereocenters. The van der Waals surface area contributed by atoms with Crippen LogP contribution in [-0.2, 0) is 19.1 Å². The molecule has 0 spiro atoms. The molecule has 4 nitrogen and oxygen atoms in total. The van der Waals surface area contributed by atoms with Crippen molar-refractivity contribution in [1.29, 1.82) is 0 Å². The third kappa shape index (κ3) is 40.4. The third-order valence-corrected chi connectivity index (χ3v) is 11.4.